The van der Waals surface area contributed by atoms with E-state index in [0.717, 1.165) is 19.3 Å². The van der Waals surface area contributed by atoms with E-state index < -0.39 is 0 Å². The minimum Gasteiger partial charge on any atom is -0.352 e. The normalized spacial score (nSPS) is 28.5. The largest absolute Gasteiger partial charge is 0.352 e. The Morgan fingerprint density at radius 2 is 2.22 bits per heavy atom. The van der Waals surface area contributed by atoms with Gasteiger partial charge in [0, 0.05) is 6.04 Å². The number of rotatable bonds is 4. The zero-order chi connectivity index (χ0) is 13.0. The second-order valence-corrected chi connectivity index (χ2v) is 5.98. The summed E-state index contributed by atoms with van der Waals surface area (Å²) in [7, 11) is 0. The number of hydrogen-bond acceptors (Lipinski definition) is 4. The van der Waals surface area contributed by atoms with Crippen molar-refractivity contribution in [3.63, 3.8) is 0 Å². The summed E-state index contributed by atoms with van der Waals surface area (Å²) in [5.74, 6) is 1.55. The Morgan fingerprint density at radius 1 is 1.44 bits per heavy atom. The molecule has 0 bridgehead atoms. The lowest BCUT2D eigenvalue weighted by atomic mass is 9.84. The molecule has 0 spiro atoms. The first-order valence-electron chi connectivity index (χ1n) is 6.55. The van der Waals surface area contributed by atoms with Crippen LogP contribution in [0.3, 0.4) is 0 Å². The zero-order valence-corrected chi connectivity index (χ0v) is 11.4. The number of amides is 2. The van der Waals surface area contributed by atoms with Crippen LogP contribution in [0.5, 0.6) is 0 Å². The maximum absolute atomic E-state index is 11.9. The lowest BCUT2D eigenvalue weighted by molar-refractivity contribution is -0.132. The summed E-state index contributed by atoms with van der Waals surface area (Å²) in [6, 6.07) is 0.196. The number of carbonyl (C=O) groups is 2. The first kappa shape index (κ1) is 13.7. The fourth-order valence-electron chi connectivity index (χ4n) is 2.65. The van der Waals surface area contributed by atoms with Gasteiger partial charge in [-0.3, -0.25) is 9.59 Å². The van der Waals surface area contributed by atoms with Crippen LogP contribution >= 0.6 is 11.8 Å². The molecule has 3 N–H and O–H groups in total. The van der Waals surface area contributed by atoms with Gasteiger partial charge in [0.15, 0.2) is 0 Å². The number of nitrogens with two attached hydrogens (primary N) is 1. The maximum atomic E-state index is 11.9. The van der Waals surface area contributed by atoms with E-state index >= 15 is 0 Å². The summed E-state index contributed by atoms with van der Waals surface area (Å²) < 4.78 is 0. The molecule has 1 aliphatic carbocycles. The number of nitrogens with zero attached hydrogens (tertiary/aromatic N) is 1. The highest BCUT2D eigenvalue weighted by molar-refractivity contribution is 8.00. The van der Waals surface area contributed by atoms with Crippen molar-refractivity contribution in [2.75, 3.05) is 24.7 Å². The molecule has 0 aromatic heterocycles. The Hall–Kier alpha value is -0.750. The van der Waals surface area contributed by atoms with E-state index in [1.54, 1.807) is 16.7 Å². The molecule has 1 aliphatic heterocycles. The lowest BCUT2D eigenvalue weighted by Gasteiger charge is -2.31. The molecule has 5 nitrogen and oxygen atoms in total. The van der Waals surface area contributed by atoms with Crippen LogP contribution in [0.2, 0.25) is 0 Å². The van der Waals surface area contributed by atoms with E-state index in [-0.39, 0.29) is 24.4 Å². The summed E-state index contributed by atoms with van der Waals surface area (Å²) in [6.45, 7) is 0.822. The second kappa shape index (κ2) is 6.43. The van der Waals surface area contributed by atoms with E-state index in [1.165, 1.54) is 6.42 Å². The van der Waals surface area contributed by atoms with Crippen molar-refractivity contribution in [1.82, 2.24) is 10.2 Å². The van der Waals surface area contributed by atoms with Crippen molar-refractivity contribution in [1.29, 1.82) is 0 Å². The van der Waals surface area contributed by atoms with Crippen molar-refractivity contribution in [3.05, 3.63) is 0 Å². The van der Waals surface area contributed by atoms with Gasteiger partial charge < -0.3 is 16.0 Å². The van der Waals surface area contributed by atoms with Crippen molar-refractivity contribution in [2.45, 2.75) is 31.7 Å². The number of nitrogens with one attached hydrogen (secondary N) is 1. The van der Waals surface area contributed by atoms with E-state index in [9.17, 15) is 9.59 Å². The van der Waals surface area contributed by atoms with E-state index in [0.29, 0.717) is 24.1 Å². The van der Waals surface area contributed by atoms with Gasteiger partial charge in [0.1, 0.15) is 6.54 Å². The molecule has 0 aromatic rings. The Labute approximate surface area is 112 Å². The molecule has 102 valence electrons. The molecule has 2 aliphatic rings. The second-order valence-electron chi connectivity index (χ2n) is 5.02. The summed E-state index contributed by atoms with van der Waals surface area (Å²) in [5.41, 5.74) is 5.74. The zero-order valence-electron chi connectivity index (χ0n) is 10.6. The summed E-state index contributed by atoms with van der Waals surface area (Å²) in [5, 5.41) is 3.05. The van der Waals surface area contributed by atoms with E-state index in [2.05, 4.69) is 5.32 Å². The third kappa shape index (κ3) is 3.38. The molecule has 0 aromatic carbocycles. The quantitative estimate of drug-likeness (QED) is 0.763. The van der Waals surface area contributed by atoms with Gasteiger partial charge in [-0.1, -0.05) is 12.8 Å². The van der Waals surface area contributed by atoms with Crippen LogP contribution in [-0.4, -0.2) is 47.5 Å². The minimum atomic E-state index is -0.0452. The fourth-order valence-corrected chi connectivity index (χ4v) is 3.55. The van der Waals surface area contributed by atoms with Crippen LogP contribution in [-0.2, 0) is 9.59 Å². The Balaban J connectivity index is 1.80. The van der Waals surface area contributed by atoms with E-state index in [1.807, 2.05) is 0 Å². The molecule has 0 radical (unpaired) electrons. The maximum Gasteiger partial charge on any atom is 0.239 e. The van der Waals surface area contributed by atoms with Gasteiger partial charge >= 0.3 is 0 Å². The van der Waals surface area contributed by atoms with Gasteiger partial charge in [0.2, 0.25) is 11.8 Å². The molecular formula is C12H21N3O2S. The molecular weight excluding hydrogens is 250 g/mol. The third-order valence-electron chi connectivity index (χ3n) is 3.72. The topological polar surface area (TPSA) is 75.4 Å². The van der Waals surface area contributed by atoms with Crippen molar-refractivity contribution in [2.24, 2.45) is 11.7 Å². The SMILES string of the molecule is NCC1CCCCC1NC(=O)CN1CSCC1=O. The Kier molecular flexibility index (Phi) is 4.88. The number of carbonyl (C=O) groups excluding carboxylic acids is 2. The molecule has 1 saturated carbocycles. The lowest BCUT2D eigenvalue weighted by Crippen LogP contribution is -2.48. The molecule has 2 unspecified atom stereocenters. The predicted octanol–water partition coefficient (Wildman–Crippen LogP) is 0.153. The predicted molar refractivity (Wildman–Crippen MR) is 72.0 cm³/mol. The van der Waals surface area contributed by atoms with Crippen LogP contribution in [0, 0.1) is 5.92 Å². The Morgan fingerprint density at radius 3 is 2.89 bits per heavy atom. The van der Waals surface area contributed by atoms with Crippen LogP contribution in [0.4, 0.5) is 0 Å². The van der Waals surface area contributed by atoms with Gasteiger partial charge in [-0.2, -0.15) is 0 Å². The van der Waals surface area contributed by atoms with Crippen LogP contribution < -0.4 is 11.1 Å². The highest BCUT2D eigenvalue weighted by atomic mass is 32.2. The van der Waals surface area contributed by atoms with Crippen LogP contribution in [0.1, 0.15) is 25.7 Å². The minimum absolute atomic E-state index is 0.0452. The monoisotopic (exact) mass is 271 g/mol. The number of hydrogen-bond donors (Lipinski definition) is 2. The van der Waals surface area contributed by atoms with Gasteiger partial charge in [-0.25, -0.2) is 0 Å². The average Bonchev–Trinajstić information content (AvgIpc) is 2.75. The van der Waals surface area contributed by atoms with Crippen molar-refractivity contribution in [3.8, 4) is 0 Å². The molecule has 1 heterocycles. The molecule has 1 saturated heterocycles. The smallest absolute Gasteiger partial charge is 0.239 e. The summed E-state index contributed by atoms with van der Waals surface area (Å²) in [6.07, 6.45) is 4.46. The van der Waals surface area contributed by atoms with Gasteiger partial charge in [-0.05, 0) is 25.3 Å². The van der Waals surface area contributed by atoms with Crippen molar-refractivity contribution < 1.29 is 9.59 Å². The first-order chi connectivity index (χ1) is 8.70. The molecule has 2 amide bonds. The molecule has 2 fully saturated rings. The summed E-state index contributed by atoms with van der Waals surface area (Å²) in [4.78, 5) is 25.0. The highest BCUT2D eigenvalue weighted by Gasteiger charge is 2.27. The van der Waals surface area contributed by atoms with Gasteiger partial charge in [0.05, 0.1) is 11.6 Å². The molecule has 2 rings (SSSR count). The third-order valence-corrected chi connectivity index (χ3v) is 4.66. The first-order valence-corrected chi connectivity index (χ1v) is 7.71. The highest BCUT2D eigenvalue weighted by Crippen LogP contribution is 2.23. The van der Waals surface area contributed by atoms with Crippen molar-refractivity contribution >= 4 is 23.6 Å². The number of thioether (sulfide) groups is 1. The van der Waals surface area contributed by atoms with Gasteiger partial charge in [0.25, 0.3) is 0 Å². The van der Waals surface area contributed by atoms with Gasteiger partial charge in [-0.15, -0.1) is 11.8 Å². The molecule has 2 atom stereocenters. The summed E-state index contributed by atoms with van der Waals surface area (Å²) >= 11 is 1.56. The van der Waals surface area contributed by atoms with E-state index in [4.69, 9.17) is 5.73 Å². The molecule has 18 heavy (non-hydrogen) atoms. The Bertz CT molecular complexity index is 324. The fraction of sp³-hybridized carbons (Fsp3) is 0.833. The standard InChI is InChI=1S/C12H21N3O2S/c13-5-9-3-1-2-4-10(9)14-11(16)6-15-8-18-7-12(15)17/h9-10H,1-8,13H2,(H,14,16). The molecule has 6 heteroatoms. The van der Waals surface area contributed by atoms with Crippen LogP contribution in [0.15, 0.2) is 0 Å². The average molecular weight is 271 g/mol. The van der Waals surface area contributed by atoms with Crippen LogP contribution in [0.25, 0.3) is 0 Å².